The zero-order valence-corrected chi connectivity index (χ0v) is 11.2. The molecule has 0 radical (unpaired) electrons. The van der Waals surface area contributed by atoms with E-state index in [0.717, 1.165) is 29.0 Å². The Morgan fingerprint density at radius 1 is 1.56 bits per heavy atom. The van der Waals surface area contributed by atoms with Crippen LogP contribution >= 0.6 is 15.9 Å². The summed E-state index contributed by atoms with van der Waals surface area (Å²) in [6, 6.07) is 0. The van der Waals surface area contributed by atoms with Crippen LogP contribution in [0.1, 0.15) is 6.42 Å². The minimum atomic E-state index is -0.244. The highest BCUT2D eigenvalue weighted by molar-refractivity contribution is 9.10. The fourth-order valence-electron chi connectivity index (χ4n) is 2.28. The molecule has 0 saturated carbocycles. The second kappa shape index (κ2) is 4.24. The van der Waals surface area contributed by atoms with E-state index in [1.54, 1.807) is 6.20 Å². The average molecular weight is 310 g/mol. The van der Waals surface area contributed by atoms with E-state index in [9.17, 15) is 4.79 Å². The summed E-state index contributed by atoms with van der Waals surface area (Å²) >= 11 is 3.38. The summed E-state index contributed by atoms with van der Waals surface area (Å²) in [6.07, 6.45) is 6.23. The molecule has 1 fully saturated rings. The first-order valence-corrected chi connectivity index (χ1v) is 6.48. The third-order valence-electron chi connectivity index (χ3n) is 3.22. The maximum atomic E-state index is 11.2. The van der Waals surface area contributed by atoms with Gasteiger partial charge in [0, 0.05) is 31.7 Å². The standard InChI is InChI=1S/C11H12BrN5O/c12-8-6-17-4-2-14-10(17)11(15-8)16-3-1-7(5-16)9(13)18/h2,4,6-7H,1,3,5H2,(H2,13,18). The van der Waals surface area contributed by atoms with Crippen molar-refractivity contribution in [2.75, 3.05) is 18.0 Å². The van der Waals surface area contributed by atoms with Gasteiger partial charge in [-0.3, -0.25) is 4.79 Å². The van der Waals surface area contributed by atoms with Crippen LogP contribution in [0.2, 0.25) is 0 Å². The van der Waals surface area contributed by atoms with Crippen molar-refractivity contribution in [3.63, 3.8) is 0 Å². The lowest BCUT2D eigenvalue weighted by Crippen LogP contribution is -2.28. The molecular weight excluding hydrogens is 298 g/mol. The van der Waals surface area contributed by atoms with Crippen molar-refractivity contribution < 1.29 is 4.79 Å². The van der Waals surface area contributed by atoms with Crippen LogP contribution < -0.4 is 10.6 Å². The van der Waals surface area contributed by atoms with Crippen molar-refractivity contribution in [3.05, 3.63) is 23.2 Å². The number of hydrogen-bond acceptors (Lipinski definition) is 4. The van der Waals surface area contributed by atoms with Gasteiger partial charge in [-0.05, 0) is 22.4 Å². The maximum Gasteiger partial charge on any atom is 0.222 e. The summed E-state index contributed by atoms with van der Waals surface area (Å²) in [5.41, 5.74) is 6.14. The van der Waals surface area contributed by atoms with Crippen LogP contribution in [-0.4, -0.2) is 33.4 Å². The van der Waals surface area contributed by atoms with Crippen LogP contribution in [0.5, 0.6) is 0 Å². The molecule has 3 heterocycles. The van der Waals surface area contributed by atoms with Crippen molar-refractivity contribution in [2.45, 2.75) is 6.42 Å². The molecule has 0 aliphatic carbocycles. The highest BCUT2D eigenvalue weighted by atomic mass is 79.9. The summed E-state index contributed by atoms with van der Waals surface area (Å²) in [4.78, 5) is 22.0. The molecule has 18 heavy (non-hydrogen) atoms. The Morgan fingerprint density at radius 3 is 3.11 bits per heavy atom. The molecule has 0 aromatic carbocycles. The molecule has 3 rings (SSSR count). The van der Waals surface area contributed by atoms with Crippen molar-refractivity contribution in [1.82, 2.24) is 14.4 Å². The zero-order chi connectivity index (χ0) is 12.7. The fourth-order valence-corrected chi connectivity index (χ4v) is 2.67. The number of anilines is 1. The molecule has 2 aromatic heterocycles. The predicted molar refractivity (Wildman–Crippen MR) is 70.2 cm³/mol. The molecule has 1 unspecified atom stereocenters. The first-order chi connectivity index (χ1) is 8.65. The number of hydrogen-bond donors (Lipinski definition) is 1. The summed E-state index contributed by atoms with van der Waals surface area (Å²) in [5.74, 6) is 0.450. The zero-order valence-electron chi connectivity index (χ0n) is 9.58. The molecule has 94 valence electrons. The van der Waals surface area contributed by atoms with Gasteiger partial charge in [0.1, 0.15) is 4.60 Å². The average Bonchev–Trinajstić information content (AvgIpc) is 2.95. The van der Waals surface area contributed by atoms with Gasteiger partial charge in [0.2, 0.25) is 5.91 Å². The third-order valence-corrected chi connectivity index (χ3v) is 3.60. The summed E-state index contributed by atoms with van der Waals surface area (Å²) in [5, 5.41) is 0. The normalized spacial score (nSPS) is 19.6. The minimum Gasteiger partial charge on any atom is -0.369 e. The van der Waals surface area contributed by atoms with E-state index >= 15 is 0 Å². The van der Waals surface area contributed by atoms with Gasteiger partial charge < -0.3 is 15.0 Å². The number of imidazole rings is 1. The van der Waals surface area contributed by atoms with Crippen LogP contribution in [0.15, 0.2) is 23.2 Å². The lowest BCUT2D eigenvalue weighted by molar-refractivity contribution is -0.121. The van der Waals surface area contributed by atoms with E-state index in [2.05, 4.69) is 30.8 Å². The monoisotopic (exact) mass is 309 g/mol. The van der Waals surface area contributed by atoms with Crippen LogP contribution in [0.4, 0.5) is 5.82 Å². The number of aromatic nitrogens is 3. The maximum absolute atomic E-state index is 11.2. The SMILES string of the molecule is NC(=O)C1CCN(c2nc(Br)cn3ccnc23)C1. The van der Waals surface area contributed by atoms with Gasteiger partial charge >= 0.3 is 0 Å². The van der Waals surface area contributed by atoms with Gasteiger partial charge in [-0.15, -0.1) is 0 Å². The second-order valence-electron chi connectivity index (χ2n) is 4.38. The topological polar surface area (TPSA) is 76.5 Å². The highest BCUT2D eigenvalue weighted by Gasteiger charge is 2.29. The number of halogens is 1. The van der Waals surface area contributed by atoms with E-state index in [0.29, 0.717) is 6.54 Å². The van der Waals surface area contributed by atoms with Gasteiger partial charge in [-0.1, -0.05) is 0 Å². The van der Waals surface area contributed by atoms with Gasteiger partial charge in [-0.2, -0.15) is 0 Å². The molecule has 1 amide bonds. The van der Waals surface area contributed by atoms with E-state index in [4.69, 9.17) is 5.73 Å². The largest absolute Gasteiger partial charge is 0.369 e. The molecule has 1 saturated heterocycles. The number of rotatable bonds is 2. The van der Waals surface area contributed by atoms with Crippen molar-refractivity contribution in [1.29, 1.82) is 0 Å². The lowest BCUT2D eigenvalue weighted by Gasteiger charge is -2.17. The van der Waals surface area contributed by atoms with E-state index in [1.807, 2.05) is 16.8 Å². The van der Waals surface area contributed by atoms with Gasteiger partial charge in [0.15, 0.2) is 11.5 Å². The second-order valence-corrected chi connectivity index (χ2v) is 5.19. The van der Waals surface area contributed by atoms with Gasteiger partial charge in [-0.25, -0.2) is 9.97 Å². The molecule has 0 bridgehead atoms. The Balaban J connectivity index is 1.99. The number of nitrogens with two attached hydrogens (primary N) is 1. The summed E-state index contributed by atoms with van der Waals surface area (Å²) in [7, 11) is 0. The van der Waals surface area contributed by atoms with Gasteiger partial charge in [0.05, 0.1) is 5.92 Å². The number of carbonyl (C=O) groups excluding carboxylic acids is 1. The molecule has 2 N–H and O–H groups in total. The quantitative estimate of drug-likeness (QED) is 0.890. The predicted octanol–water partition coefficient (Wildman–Crippen LogP) is 0.803. The minimum absolute atomic E-state index is 0.0965. The first kappa shape index (κ1) is 11.5. The van der Waals surface area contributed by atoms with Crippen molar-refractivity contribution in [3.8, 4) is 0 Å². The summed E-state index contributed by atoms with van der Waals surface area (Å²) in [6.45, 7) is 1.39. The fraction of sp³-hybridized carbons (Fsp3) is 0.364. The molecule has 2 aromatic rings. The molecule has 1 aliphatic rings. The Bertz CT molecular complexity index is 610. The molecule has 7 heteroatoms. The Hall–Kier alpha value is -1.63. The number of fused-ring (bicyclic) bond motifs is 1. The van der Waals surface area contributed by atoms with E-state index in [1.165, 1.54) is 0 Å². The number of nitrogens with zero attached hydrogens (tertiary/aromatic N) is 4. The highest BCUT2D eigenvalue weighted by Crippen LogP contribution is 2.26. The molecule has 1 aliphatic heterocycles. The van der Waals surface area contributed by atoms with Crippen LogP contribution in [-0.2, 0) is 4.79 Å². The molecule has 0 spiro atoms. The van der Waals surface area contributed by atoms with Crippen LogP contribution in [0.25, 0.3) is 5.65 Å². The number of primary amides is 1. The number of amides is 1. The van der Waals surface area contributed by atoms with Crippen LogP contribution in [0, 0.1) is 5.92 Å². The van der Waals surface area contributed by atoms with E-state index in [-0.39, 0.29) is 11.8 Å². The Kier molecular flexibility index (Phi) is 2.70. The lowest BCUT2D eigenvalue weighted by atomic mass is 10.1. The molecule has 1 atom stereocenters. The third kappa shape index (κ3) is 1.84. The number of carbonyl (C=O) groups is 1. The molecule has 6 nitrogen and oxygen atoms in total. The summed E-state index contributed by atoms with van der Waals surface area (Å²) < 4.78 is 2.65. The Morgan fingerprint density at radius 2 is 2.39 bits per heavy atom. The van der Waals surface area contributed by atoms with E-state index < -0.39 is 0 Å². The van der Waals surface area contributed by atoms with Crippen LogP contribution in [0.3, 0.4) is 0 Å². The molecular formula is C11H12BrN5O. The smallest absolute Gasteiger partial charge is 0.222 e. The van der Waals surface area contributed by atoms with Crippen molar-refractivity contribution >= 4 is 33.3 Å². The Labute approximate surface area is 112 Å². The first-order valence-electron chi connectivity index (χ1n) is 5.68. The van der Waals surface area contributed by atoms with Gasteiger partial charge in [0.25, 0.3) is 0 Å². The van der Waals surface area contributed by atoms with Crippen molar-refractivity contribution in [2.24, 2.45) is 11.7 Å².